The number of aromatic nitrogens is 2. The first-order valence-electron chi connectivity index (χ1n) is 19.8. The molecule has 1 spiro atoms. The van der Waals surface area contributed by atoms with E-state index in [0.29, 0.717) is 5.82 Å². The summed E-state index contributed by atoms with van der Waals surface area (Å²) in [7, 11) is 0. The van der Waals surface area contributed by atoms with E-state index in [4.69, 9.17) is 9.97 Å². The number of nitrogens with zero attached hydrogens (tertiary/aromatic N) is 2. The fourth-order valence-corrected chi connectivity index (χ4v) is 11.1. The Morgan fingerprint density at radius 2 is 0.862 bits per heavy atom. The second-order valence-electron chi connectivity index (χ2n) is 15.2. The van der Waals surface area contributed by atoms with Gasteiger partial charge in [-0.2, -0.15) is 0 Å². The van der Waals surface area contributed by atoms with Gasteiger partial charge in [0.1, 0.15) is 0 Å². The first-order chi connectivity index (χ1) is 28.8. The lowest BCUT2D eigenvalue weighted by molar-refractivity contribution is 0.812. The second-order valence-corrected chi connectivity index (χ2v) is 16.3. The summed E-state index contributed by atoms with van der Waals surface area (Å²) < 4.78 is 1.34. The third-order valence-corrected chi connectivity index (χ3v) is 13.4. The Labute approximate surface area is 341 Å². The predicted octanol–water partition coefficient (Wildman–Crippen LogP) is 14.4. The summed E-state index contributed by atoms with van der Waals surface area (Å²) in [5.41, 5.74) is 18.7. The van der Waals surface area contributed by atoms with E-state index in [9.17, 15) is 0 Å². The molecule has 0 bridgehead atoms. The largest absolute Gasteiger partial charge is 0.228 e. The topological polar surface area (TPSA) is 25.8 Å². The quantitative estimate of drug-likeness (QED) is 0.175. The molecule has 1 unspecified atom stereocenters. The van der Waals surface area contributed by atoms with Crippen molar-refractivity contribution in [1.29, 1.82) is 0 Å². The van der Waals surface area contributed by atoms with Crippen LogP contribution in [-0.4, -0.2) is 9.97 Å². The summed E-state index contributed by atoms with van der Waals surface area (Å²) in [6.45, 7) is 0. The Balaban J connectivity index is 1.03. The molecule has 270 valence electrons. The Kier molecular flexibility index (Phi) is 7.35. The fourth-order valence-electron chi connectivity index (χ4n) is 9.60. The third-order valence-electron chi connectivity index (χ3n) is 12.1. The van der Waals surface area contributed by atoms with Gasteiger partial charge in [0.15, 0.2) is 5.82 Å². The molecule has 0 N–H and O–H groups in total. The Hall–Kier alpha value is -7.20. The van der Waals surface area contributed by atoms with Crippen molar-refractivity contribution in [3.05, 3.63) is 228 Å². The number of hydrogen-bond donors (Lipinski definition) is 0. The molecular weight excluding hydrogens is 721 g/mol. The molecule has 1 atom stereocenters. The van der Waals surface area contributed by atoms with Crippen LogP contribution in [0, 0.1) is 0 Å². The lowest BCUT2D eigenvalue weighted by Gasteiger charge is -2.29. The predicted molar refractivity (Wildman–Crippen MR) is 241 cm³/mol. The molecule has 0 amide bonds. The van der Waals surface area contributed by atoms with Crippen LogP contribution < -0.4 is 0 Å². The first-order valence-corrected chi connectivity index (χ1v) is 20.6. The van der Waals surface area contributed by atoms with Crippen molar-refractivity contribution in [2.24, 2.45) is 0 Å². The van der Waals surface area contributed by atoms with Crippen LogP contribution in [0.25, 0.3) is 88.5 Å². The highest BCUT2D eigenvalue weighted by Gasteiger charge is 2.53. The first kappa shape index (κ1) is 33.0. The summed E-state index contributed by atoms with van der Waals surface area (Å²) in [5, 5.41) is 1.34. The molecular formula is C55H34N2S. The summed E-state index contributed by atoms with van der Waals surface area (Å²) in [5.74, 6) is 0.709. The molecule has 2 aromatic heterocycles. The van der Waals surface area contributed by atoms with E-state index in [1.165, 1.54) is 70.6 Å². The number of rotatable bonds is 5. The molecule has 0 saturated carbocycles. The maximum atomic E-state index is 5.23. The van der Waals surface area contributed by atoms with Crippen LogP contribution in [0.5, 0.6) is 0 Å². The molecule has 0 saturated heterocycles. The van der Waals surface area contributed by atoms with Crippen LogP contribution >= 0.6 is 11.3 Å². The molecule has 2 aliphatic carbocycles. The molecule has 0 aliphatic heterocycles. The maximum Gasteiger partial charge on any atom is 0.160 e. The van der Waals surface area contributed by atoms with Gasteiger partial charge in [0, 0.05) is 37.2 Å². The monoisotopic (exact) mass is 754 g/mol. The Morgan fingerprint density at radius 1 is 0.345 bits per heavy atom. The molecule has 2 aliphatic rings. The van der Waals surface area contributed by atoms with E-state index in [1.807, 2.05) is 29.5 Å². The number of benzene rings is 8. The third kappa shape index (κ3) is 4.84. The SMILES string of the molecule is c1ccc(-c2ccc(-c3cc(-c4cccc(-c5cccc6c5-c5ccccc5C65c6ccccc6-c6c5sc5ccccc65)c4)nc(-c4ccccc4)n3)cc2)cc1. The maximum absolute atomic E-state index is 5.23. The lowest BCUT2D eigenvalue weighted by atomic mass is 9.73. The minimum Gasteiger partial charge on any atom is -0.228 e. The van der Waals surface area contributed by atoms with E-state index in [1.54, 1.807) is 0 Å². The summed E-state index contributed by atoms with van der Waals surface area (Å²) in [6, 6.07) is 74.6. The molecule has 0 fully saturated rings. The van der Waals surface area contributed by atoms with Crippen molar-refractivity contribution in [2.45, 2.75) is 5.41 Å². The van der Waals surface area contributed by atoms with Gasteiger partial charge >= 0.3 is 0 Å². The summed E-state index contributed by atoms with van der Waals surface area (Å²) in [6.07, 6.45) is 0. The van der Waals surface area contributed by atoms with E-state index >= 15 is 0 Å². The molecule has 3 heteroatoms. The van der Waals surface area contributed by atoms with Crippen LogP contribution in [0.1, 0.15) is 21.6 Å². The van der Waals surface area contributed by atoms with Gasteiger partial charge in [0.2, 0.25) is 0 Å². The molecule has 58 heavy (non-hydrogen) atoms. The van der Waals surface area contributed by atoms with Gasteiger partial charge in [-0.3, -0.25) is 0 Å². The molecule has 2 heterocycles. The second kappa shape index (κ2) is 12.9. The zero-order valence-corrected chi connectivity index (χ0v) is 32.2. The van der Waals surface area contributed by atoms with Gasteiger partial charge in [-0.25, -0.2) is 9.97 Å². The smallest absolute Gasteiger partial charge is 0.160 e. The van der Waals surface area contributed by atoms with Gasteiger partial charge in [-0.1, -0.05) is 188 Å². The van der Waals surface area contributed by atoms with Crippen LogP contribution in [0.3, 0.4) is 0 Å². The average Bonchev–Trinajstić information content (AvgIpc) is 3.93. The normalized spacial score (nSPS) is 14.6. The van der Waals surface area contributed by atoms with Crippen molar-refractivity contribution in [2.75, 3.05) is 0 Å². The van der Waals surface area contributed by atoms with E-state index in [0.717, 1.165) is 33.6 Å². The van der Waals surface area contributed by atoms with Gasteiger partial charge < -0.3 is 0 Å². The van der Waals surface area contributed by atoms with Gasteiger partial charge in [0.05, 0.1) is 16.8 Å². The van der Waals surface area contributed by atoms with Gasteiger partial charge in [-0.15, -0.1) is 11.3 Å². The van der Waals surface area contributed by atoms with E-state index < -0.39 is 5.41 Å². The molecule has 8 aromatic carbocycles. The molecule has 10 aromatic rings. The van der Waals surface area contributed by atoms with Crippen molar-refractivity contribution in [3.63, 3.8) is 0 Å². The minimum absolute atomic E-state index is 0.392. The van der Waals surface area contributed by atoms with E-state index in [2.05, 4.69) is 188 Å². The highest BCUT2D eigenvalue weighted by Crippen LogP contribution is 2.66. The van der Waals surface area contributed by atoms with Crippen LogP contribution in [0.4, 0.5) is 0 Å². The Morgan fingerprint density at radius 3 is 1.62 bits per heavy atom. The minimum atomic E-state index is -0.392. The summed E-state index contributed by atoms with van der Waals surface area (Å²) >= 11 is 1.95. The van der Waals surface area contributed by atoms with Crippen molar-refractivity contribution < 1.29 is 0 Å². The van der Waals surface area contributed by atoms with Crippen LogP contribution in [0.2, 0.25) is 0 Å². The Bertz CT molecular complexity index is 3220. The molecule has 12 rings (SSSR count). The average molecular weight is 755 g/mol. The van der Waals surface area contributed by atoms with Crippen molar-refractivity contribution in [1.82, 2.24) is 9.97 Å². The van der Waals surface area contributed by atoms with Crippen LogP contribution in [0.15, 0.2) is 206 Å². The highest BCUT2D eigenvalue weighted by atomic mass is 32.1. The van der Waals surface area contributed by atoms with Crippen molar-refractivity contribution in [3.8, 4) is 78.4 Å². The summed E-state index contributed by atoms with van der Waals surface area (Å²) in [4.78, 5) is 11.8. The lowest BCUT2D eigenvalue weighted by Crippen LogP contribution is -2.24. The van der Waals surface area contributed by atoms with Gasteiger partial charge in [0.25, 0.3) is 0 Å². The standard InChI is InChI=1S/C55H34N2S/c1-3-15-35(16-4-1)36-29-31-37(32-30-36)48-34-49(57-54(56-48)38-17-5-2-6-18-38)40-20-13-19-39(33-40)41-24-14-27-47-51(41)42-21-7-10-25-45(42)55(47)46-26-11-8-22-43(46)52-44-23-9-12-28-50(44)58-53(52)55/h1-34H. The number of hydrogen-bond acceptors (Lipinski definition) is 3. The number of fused-ring (bicyclic) bond motifs is 12. The van der Waals surface area contributed by atoms with Crippen molar-refractivity contribution >= 4 is 21.4 Å². The highest BCUT2D eigenvalue weighted by molar-refractivity contribution is 7.20. The van der Waals surface area contributed by atoms with Gasteiger partial charge in [-0.05, 0) is 73.8 Å². The number of thiophene rings is 1. The molecule has 0 radical (unpaired) electrons. The zero-order chi connectivity index (χ0) is 38.2. The zero-order valence-electron chi connectivity index (χ0n) is 31.4. The van der Waals surface area contributed by atoms with E-state index in [-0.39, 0.29) is 0 Å². The van der Waals surface area contributed by atoms with Crippen LogP contribution in [-0.2, 0) is 5.41 Å². The molecule has 2 nitrogen and oxygen atoms in total. The fraction of sp³-hybridized carbons (Fsp3) is 0.0182.